The molecule has 2 heterocycles. The molecule has 0 aromatic rings. The summed E-state index contributed by atoms with van der Waals surface area (Å²) in [7, 11) is -5.81. The van der Waals surface area contributed by atoms with Gasteiger partial charge in [0.1, 0.15) is 92.6 Å². The second kappa shape index (κ2) is 71.1. The molecule has 10 N–H and O–H groups in total. The van der Waals surface area contributed by atoms with Gasteiger partial charge >= 0.3 is 31.7 Å². The zero-order valence-corrected chi connectivity index (χ0v) is 74.6. The van der Waals surface area contributed by atoms with Crippen LogP contribution >= 0.6 is 7.82 Å². The summed E-state index contributed by atoms with van der Waals surface area (Å²) in [6.07, 6.45) is 31.6. The summed E-state index contributed by atoms with van der Waals surface area (Å²) in [5.41, 5.74) is 0. The number of phosphoric ester groups is 1. The molecule has 3 aliphatic rings. The Bertz CT molecular complexity index is 2550. The molecular formula is C92H169O25P. The van der Waals surface area contributed by atoms with Crippen LogP contribution in [-0.4, -0.2) is 205 Å². The maximum atomic E-state index is 14.9. The minimum Gasteiger partial charge on any atom is -0.463 e. The van der Waals surface area contributed by atoms with E-state index in [-0.39, 0.29) is 25.7 Å². The van der Waals surface area contributed by atoms with Crippen molar-refractivity contribution in [1.82, 2.24) is 0 Å². The van der Waals surface area contributed by atoms with Crippen molar-refractivity contribution in [3.63, 3.8) is 0 Å². The van der Waals surface area contributed by atoms with Crippen molar-refractivity contribution >= 4 is 31.7 Å². The minimum absolute atomic E-state index is 0.0151. The predicted molar refractivity (Wildman–Crippen MR) is 458 cm³/mol. The first-order chi connectivity index (χ1) is 57.2. The molecule has 0 aromatic carbocycles. The van der Waals surface area contributed by atoms with Gasteiger partial charge in [0.25, 0.3) is 0 Å². The summed E-state index contributed by atoms with van der Waals surface area (Å²) >= 11 is 0. The van der Waals surface area contributed by atoms with Gasteiger partial charge in [-0.3, -0.25) is 28.2 Å². The monoisotopic (exact) mass is 1710 g/mol. The van der Waals surface area contributed by atoms with E-state index >= 15 is 0 Å². The normalized spacial score (nSPS) is 25.0. The number of hydrogen-bond acceptors (Lipinski definition) is 24. The minimum atomic E-state index is -5.81. The number of rotatable bonds is 77. The SMILES string of the molecule is CCCCCC/C=C\CCCCCCCCCC(=O)OC1C(O)C(O)C(OC2OC(CO)C(O)C(O)C2O)C(OP(=O)(O)OCC(COC(=O)CCCCC/C=C\CCCCCCCC)OC(=O)CCCCCCCCCCCCCCCCC)C1OC1OC(COC(=O)CCCCCCCCCCCCCCCCCC)C(O)C(O)C1O. The summed E-state index contributed by atoms with van der Waals surface area (Å²) in [5.74, 6) is -2.98. The van der Waals surface area contributed by atoms with E-state index in [1.807, 2.05) is 0 Å². The molecular weight excluding hydrogens is 1540 g/mol. The topological polar surface area (TPSA) is 380 Å². The van der Waals surface area contributed by atoms with Crippen molar-refractivity contribution in [1.29, 1.82) is 0 Å². The number of unbranched alkanes of at least 4 members (excludes halogenated alkanes) is 49. The average Bonchev–Trinajstić information content (AvgIpc) is 0.754. The Balaban J connectivity index is 1.91. The van der Waals surface area contributed by atoms with Gasteiger partial charge in [0.05, 0.1) is 13.2 Å². The van der Waals surface area contributed by atoms with Crippen molar-refractivity contribution in [2.75, 3.05) is 26.4 Å². The van der Waals surface area contributed by atoms with Gasteiger partial charge in [0.15, 0.2) is 24.8 Å². The summed E-state index contributed by atoms with van der Waals surface area (Å²) in [6, 6.07) is 0. The van der Waals surface area contributed by atoms with Crippen molar-refractivity contribution in [2.24, 2.45) is 0 Å². The van der Waals surface area contributed by atoms with Gasteiger partial charge in [-0.1, -0.05) is 328 Å². The van der Waals surface area contributed by atoms with E-state index < -0.39 is 162 Å². The molecule has 1 saturated carbocycles. The number of aliphatic hydroxyl groups excluding tert-OH is 9. The molecule has 1 aliphatic carbocycles. The Kier molecular flexibility index (Phi) is 65.8. The fraction of sp³-hybridized carbons (Fsp3) is 0.913. The lowest BCUT2D eigenvalue weighted by molar-refractivity contribution is -0.360. The first-order valence-electron chi connectivity index (χ1n) is 47.6. The zero-order chi connectivity index (χ0) is 86.1. The van der Waals surface area contributed by atoms with Gasteiger partial charge in [0, 0.05) is 25.7 Å². The van der Waals surface area contributed by atoms with Crippen LogP contribution in [-0.2, 0) is 70.7 Å². The Labute approximate surface area is 711 Å². The van der Waals surface area contributed by atoms with Crippen LogP contribution in [0.3, 0.4) is 0 Å². The third kappa shape index (κ3) is 50.8. The van der Waals surface area contributed by atoms with Gasteiger partial charge in [-0.15, -0.1) is 0 Å². The molecule has 118 heavy (non-hydrogen) atoms. The maximum absolute atomic E-state index is 14.9. The highest BCUT2D eigenvalue weighted by Gasteiger charge is 2.60. The van der Waals surface area contributed by atoms with Crippen molar-refractivity contribution in [3.05, 3.63) is 24.3 Å². The summed E-state index contributed by atoms with van der Waals surface area (Å²) in [4.78, 5) is 66.5. The Morgan fingerprint density at radius 1 is 0.331 bits per heavy atom. The van der Waals surface area contributed by atoms with Crippen LogP contribution < -0.4 is 0 Å². The summed E-state index contributed by atoms with van der Waals surface area (Å²) in [6.45, 7) is 5.58. The molecule has 18 unspecified atom stereocenters. The van der Waals surface area contributed by atoms with E-state index in [9.17, 15) is 74.6 Å². The average molecular weight is 1710 g/mol. The fourth-order valence-corrected chi connectivity index (χ4v) is 16.6. The lowest BCUT2D eigenvalue weighted by atomic mass is 9.84. The van der Waals surface area contributed by atoms with Crippen molar-refractivity contribution in [3.8, 4) is 0 Å². The Hall–Kier alpha value is -3.05. The maximum Gasteiger partial charge on any atom is 0.472 e. The first-order valence-corrected chi connectivity index (χ1v) is 49.1. The lowest BCUT2D eigenvalue weighted by Crippen LogP contribution is -2.70. The van der Waals surface area contributed by atoms with E-state index in [1.54, 1.807) is 0 Å². The number of allylic oxidation sites excluding steroid dienone is 4. The molecule has 3 fully saturated rings. The third-order valence-corrected chi connectivity index (χ3v) is 24.2. The van der Waals surface area contributed by atoms with Crippen LogP contribution in [0.15, 0.2) is 24.3 Å². The largest absolute Gasteiger partial charge is 0.472 e. The third-order valence-electron chi connectivity index (χ3n) is 23.2. The molecule has 2 aliphatic heterocycles. The number of phosphoric acid groups is 1. The Morgan fingerprint density at radius 2 is 0.636 bits per heavy atom. The molecule has 0 aromatic heterocycles. The molecule has 0 bridgehead atoms. The standard InChI is InChI=1S/C92H169O25P/c1-5-9-13-17-21-25-29-33-36-39-41-45-49-53-57-61-65-76(95)109-71-74-80(99)82(101)86(105)92(113-74)116-89-87(114-78(97)67-63-59-55-51-47-43-38-35-31-27-23-19-15-11-7-3)83(102)84(103)88(115-91-85(104)81(100)79(98)73(68-93)112-91)90(89)117-118(106,107)110-70-72(69-108-75(94)64-60-56-52-48-44-40-32-28-24-20-16-12-8-4)111-77(96)66-62-58-54-50-46-42-37-34-30-26-22-18-14-10-6-2/h27,31,40,44,72-74,79-93,98-105H,5-26,28-30,32-39,41-43,45-71H2,1-4H3,(H,106,107)/b31-27-,44-40-. The molecule has 18 atom stereocenters. The van der Waals surface area contributed by atoms with E-state index in [2.05, 4.69) is 52.0 Å². The number of esters is 4. The van der Waals surface area contributed by atoms with Crippen LogP contribution in [0.1, 0.15) is 407 Å². The molecule has 2 saturated heterocycles. The number of carbonyl (C=O) groups excluding carboxylic acids is 4. The highest BCUT2D eigenvalue weighted by molar-refractivity contribution is 7.47. The number of ether oxygens (including phenoxy) is 8. The van der Waals surface area contributed by atoms with Gasteiger partial charge in [0.2, 0.25) is 0 Å². The van der Waals surface area contributed by atoms with E-state index in [1.165, 1.54) is 180 Å². The number of hydrogen-bond donors (Lipinski definition) is 10. The molecule has 0 spiro atoms. The van der Waals surface area contributed by atoms with Crippen LogP contribution in [0.2, 0.25) is 0 Å². The Morgan fingerprint density at radius 3 is 1.03 bits per heavy atom. The summed E-state index contributed by atoms with van der Waals surface area (Å²) in [5, 5.41) is 102. The molecule has 3 rings (SSSR count). The van der Waals surface area contributed by atoms with Crippen LogP contribution in [0.25, 0.3) is 0 Å². The zero-order valence-electron chi connectivity index (χ0n) is 73.7. The molecule has 0 amide bonds. The van der Waals surface area contributed by atoms with Gasteiger partial charge < -0.3 is 88.7 Å². The molecule has 26 heteroatoms. The van der Waals surface area contributed by atoms with E-state index in [0.29, 0.717) is 32.1 Å². The fourth-order valence-electron chi connectivity index (χ4n) is 15.6. The van der Waals surface area contributed by atoms with Crippen molar-refractivity contribution < 1.29 is 122 Å². The second-order valence-corrected chi connectivity index (χ2v) is 35.3. The van der Waals surface area contributed by atoms with Crippen LogP contribution in [0.4, 0.5) is 0 Å². The van der Waals surface area contributed by atoms with Crippen LogP contribution in [0.5, 0.6) is 0 Å². The predicted octanol–water partition coefficient (Wildman–Crippen LogP) is 17.7. The quantitative estimate of drug-likeness (QED) is 0.00889. The van der Waals surface area contributed by atoms with E-state index in [4.69, 9.17) is 46.9 Å². The van der Waals surface area contributed by atoms with Gasteiger partial charge in [-0.2, -0.15) is 0 Å². The second-order valence-electron chi connectivity index (χ2n) is 33.9. The number of aliphatic hydroxyl groups is 9. The summed E-state index contributed by atoms with van der Waals surface area (Å²) < 4.78 is 73.4. The van der Waals surface area contributed by atoms with Gasteiger partial charge in [-0.05, 0) is 77.0 Å². The molecule has 0 radical (unpaired) electrons. The van der Waals surface area contributed by atoms with E-state index in [0.717, 1.165) is 141 Å². The lowest BCUT2D eigenvalue weighted by Gasteiger charge is -2.50. The molecule has 692 valence electrons. The number of carbonyl (C=O) groups is 4. The van der Waals surface area contributed by atoms with Crippen molar-refractivity contribution in [2.45, 2.75) is 511 Å². The smallest absolute Gasteiger partial charge is 0.463 e. The highest BCUT2D eigenvalue weighted by Crippen LogP contribution is 2.49. The van der Waals surface area contributed by atoms with Crippen LogP contribution in [0, 0.1) is 0 Å². The highest BCUT2D eigenvalue weighted by atomic mass is 31.2. The molecule has 25 nitrogen and oxygen atoms in total. The first kappa shape index (κ1) is 109. The van der Waals surface area contributed by atoms with Gasteiger partial charge in [-0.25, -0.2) is 4.57 Å².